The highest BCUT2D eigenvalue weighted by Gasteiger charge is 2.30. The molecule has 1 N–H and O–H groups in total. The summed E-state index contributed by atoms with van der Waals surface area (Å²) in [5.74, 6) is 2.43. The van der Waals surface area contributed by atoms with E-state index in [2.05, 4.69) is 56.0 Å². The first-order valence-electron chi connectivity index (χ1n) is 14.7. The van der Waals surface area contributed by atoms with E-state index in [0.29, 0.717) is 57.2 Å². The molecule has 0 saturated heterocycles. The van der Waals surface area contributed by atoms with E-state index in [1.54, 1.807) is 32.5 Å². The number of aryl methyl sites for hydroxylation is 3. The molecule has 0 radical (unpaired) electrons. The fourth-order valence-electron chi connectivity index (χ4n) is 4.85. The minimum atomic E-state index is -0.642. The molecule has 244 valence electrons. The van der Waals surface area contributed by atoms with Crippen molar-refractivity contribution < 1.29 is 35.7 Å². The zero-order chi connectivity index (χ0) is 33.3. The number of hydrogen-bond acceptors (Lipinski definition) is 16. The van der Waals surface area contributed by atoms with Crippen molar-refractivity contribution in [3.8, 4) is 69.5 Å². The zero-order valence-corrected chi connectivity index (χ0v) is 27.2. The van der Waals surface area contributed by atoms with Gasteiger partial charge in [0, 0.05) is 10.5 Å². The minimum absolute atomic E-state index is 0.0292. The number of hydrogen-bond donors (Lipinski definition) is 1. The molecule has 1 aliphatic rings. The quantitative estimate of drug-likeness (QED) is 0.199. The molecule has 14 bridgehead atoms. The summed E-state index contributed by atoms with van der Waals surface area (Å²) in [6.45, 7) is 11.4. The fraction of sp³-hybridized carbons (Fsp3) is 0.290. The third-order valence-corrected chi connectivity index (χ3v) is 8.57. The van der Waals surface area contributed by atoms with Gasteiger partial charge in [0.2, 0.25) is 41.2 Å². The van der Waals surface area contributed by atoms with Crippen LogP contribution in [0.5, 0.6) is 0 Å². The van der Waals surface area contributed by atoms with Crippen molar-refractivity contribution >= 4 is 17.7 Å². The summed E-state index contributed by atoms with van der Waals surface area (Å²) in [5.41, 5.74) is 1.96. The highest BCUT2D eigenvalue weighted by Crippen LogP contribution is 2.35. The number of fused-ring (bicyclic) bond motifs is 20. The monoisotopic (exact) mass is 670 g/mol. The van der Waals surface area contributed by atoms with Gasteiger partial charge < -0.3 is 36.2 Å². The maximum Gasteiger partial charge on any atom is 0.273 e. The van der Waals surface area contributed by atoms with Crippen LogP contribution in [0.2, 0.25) is 0 Å². The molecule has 0 spiro atoms. The van der Waals surface area contributed by atoms with Gasteiger partial charge in [0.25, 0.3) is 5.91 Å². The van der Waals surface area contributed by atoms with Gasteiger partial charge in [-0.15, -0.1) is 0 Å². The van der Waals surface area contributed by atoms with Crippen LogP contribution in [0.1, 0.15) is 60.5 Å². The maximum atomic E-state index is 13.5. The van der Waals surface area contributed by atoms with E-state index in [9.17, 15) is 4.79 Å². The van der Waals surface area contributed by atoms with Crippen LogP contribution in [0, 0.1) is 20.8 Å². The first-order chi connectivity index (χ1) is 23.0. The Labute approximate surface area is 274 Å². The maximum absolute atomic E-state index is 13.5. The predicted octanol–water partition coefficient (Wildman–Crippen LogP) is 6.85. The molecule has 1 atom stereocenters. The molecule has 0 unspecified atom stereocenters. The molecule has 7 aromatic rings. The van der Waals surface area contributed by atoms with Crippen molar-refractivity contribution in [1.82, 2.24) is 40.2 Å². The van der Waals surface area contributed by atoms with Crippen molar-refractivity contribution in [2.45, 2.75) is 52.3 Å². The van der Waals surface area contributed by atoms with Gasteiger partial charge in [-0.1, -0.05) is 20.8 Å². The number of oxazole rings is 7. The molecule has 8 heterocycles. The van der Waals surface area contributed by atoms with Gasteiger partial charge in [0.15, 0.2) is 39.9 Å². The Balaban J connectivity index is 1.24. The molecule has 7 aromatic heterocycles. The topological polar surface area (TPSA) is 211 Å². The van der Waals surface area contributed by atoms with Gasteiger partial charge in [-0.05, 0) is 20.8 Å². The average Bonchev–Trinajstić information content (AvgIpc) is 3.86. The van der Waals surface area contributed by atoms with Crippen LogP contribution in [0.15, 0.2) is 56.0 Å². The van der Waals surface area contributed by atoms with E-state index in [1.807, 2.05) is 0 Å². The summed E-state index contributed by atoms with van der Waals surface area (Å²) >= 11 is 1.63. The van der Waals surface area contributed by atoms with Crippen molar-refractivity contribution in [3.05, 3.63) is 53.9 Å². The molecule has 0 aromatic carbocycles. The average molecular weight is 671 g/mol. The van der Waals surface area contributed by atoms with E-state index >= 15 is 0 Å². The van der Waals surface area contributed by atoms with Crippen LogP contribution < -0.4 is 5.32 Å². The Morgan fingerprint density at radius 2 is 1.06 bits per heavy atom. The number of nitrogens with one attached hydrogen (secondary N) is 1. The number of amides is 1. The fourth-order valence-corrected chi connectivity index (χ4v) is 5.74. The third-order valence-electron chi connectivity index (χ3n) is 7.21. The van der Waals surface area contributed by atoms with Crippen molar-refractivity contribution in [3.63, 3.8) is 0 Å². The second kappa shape index (κ2) is 10.9. The zero-order valence-electron chi connectivity index (χ0n) is 26.4. The molecule has 48 heavy (non-hydrogen) atoms. The summed E-state index contributed by atoms with van der Waals surface area (Å²) in [7, 11) is 0. The van der Waals surface area contributed by atoms with Gasteiger partial charge >= 0.3 is 0 Å². The number of rotatable bonds is 2. The molecule has 1 aliphatic heterocycles. The van der Waals surface area contributed by atoms with Crippen LogP contribution in [0.3, 0.4) is 0 Å². The highest BCUT2D eigenvalue weighted by atomic mass is 32.2. The SMILES string of the molecule is Cc1oc2nc1-c1nc(co1)C(=O)N[C@@H](CSC(C)(C)C)c1nc(c(C)o1)-c1nc(c(C)o1)-c1nc(co1)-c1nc(co1)-c1nc-2co1. The Morgan fingerprint density at radius 3 is 1.69 bits per heavy atom. The second-order valence-corrected chi connectivity index (χ2v) is 13.8. The van der Waals surface area contributed by atoms with E-state index in [1.165, 1.54) is 25.1 Å². The molecule has 8 rings (SSSR count). The van der Waals surface area contributed by atoms with Gasteiger partial charge in [-0.25, -0.2) is 34.9 Å². The molecule has 0 fully saturated rings. The van der Waals surface area contributed by atoms with E-state index in [0.717, 1.165) is 0 Å². The van der Waals surface area contributed by atoms with Crippen LogP contribution in [-0.4, -0.2) is 51.3 Å². The summed E-state index contributed by atoms with van der Waals surface area (Å²) in [5, 5.41) is 2.99. The minimum Gasteiger partial charge on any atom is -0.443 e. The van der Waals surface area contributed by atoms with E-state index < -0.39 is 11.9 Å². The molecular weight excluding hydrogens is 644 g/mol. The largest absolute Gasteiger partial charge is 0.443 e. The number of thioether (sulfide) groups is 1. The summed E-state index contributed by atoms with van der Waals surface area (Å²) in [4.78, 5) is 45.2. The Kier molecular flexibility index (Phi) is 6.76. The lowest BCUT2D eigenvalue weighted by Crippen LogP contribution is -2.31. The standard InChI is InChI=1S/C31H26N8O8S/c1-12-20-28-33-15(7-43-28)23(40)32-19(11-48-31(4,5)6)27-38-22(14(3)46-27)30-39-21(13(2)47-30)29-36-17(9-44-29)25-34-16(8-41-25)24-35-18(10-42-24)26(37-20)45-12/h7-10,19H,11H2,1-6H3,(H,32,40)/t19-/m0/s1. The number of nitrogens with zero attached hydrogens (tertiary/aromatic N) is 7. The van der Waals surface area contributed by atoms with Gasteiger partial charge in [-0.2, -0.15) is 11.8 Å². The van der Waals surface area contributed by atoms with Gasteiger partial charge in [0.05, 0.1) is 0 Å². The highest BCUT2D eigenvalue weighted by molar-refractivity contribution is 8.00. The lowest BCUT2D eigenvalue weighted by molar-refractivity contribution is 0.0929. The molecule has 0 aliphatic carbocycles. The van der Waals surface area contributed by atoms with Crippen molar-refractivity contribution in [1.29, 1.82) is 0 Å². The molecular formula is C31H26N8O8S. The Morgan fingerprint density at radius 1 is 0.604 bits per heavy atom. The second-order valence-electron chi connectivity index (χ2n) is 11.9. The van der Waals surface area contributed by atoms with Crippen LogP contribution in [0.25, 0.3) is 69.5 Å². The van der Waals surface area contributed by atoms with Crippen molar-refractivity contribution in [2.24, 2.45) is 0 Å². The number of carbonyl (C=O) groups excluding carboxylic acids is 1. The van der Waals surface area contributed by atoms with Crippen molar-refractivity contribution in [2.75, 3.05) is 5.75 Å². The molecule has 1 amide bonds. The Bertz CT molecular complexity index is 2310. The first-order valence-corrected chi connectivity index (χ1v) is 15.7. The lowest BCUT2D eigenvalue weighted by Gasteiger charge is -2.21. The van der Waals surface area contributed by atoms with Crippen LogP contribution in [0.4, 0.5) is 0 Å². The predicted molar refractivity (Wildman–Crippen MR) is 166 cm³/mol. The molecule has 17 heteroatoms. The van der Waals surface area contributed by atoms with E-state index in [-0.39, 0.29) is 51.7 Å². The number of carbonyl (C=O) groups is 1. The smallest absolute Gasteiger partial charge is 0.273 e. The van der Waals surface area contributed by atoms with Crippen LogP contribution in [-0.2, 0) is 0 Å². The lowest BCUT2D eigenvalue weighted by atomic mass is 10.3. The normalized spacial score (nSPS) is 14.6. The van der Waals surface area contributed by atoms with Gasteiger partial charge in [-0.3, -0.25) is 4.79 Å². The summed E-state index contributed by atoms with van der Waals surface area (Å²) in [6, 6.07) is -0.642. The first kappa shape index (κ1) is 29.7. The Hall–Kier alpha value is -5.71. The molecule has 0 saturated carbocycles. The van der Waals surface area contributed by atoms with Crippen LogP contribution >= 0.6 is 11.8 Å². The summed E-state index contributed by atoms with van der Waals surface area (Å²) in [6.07, 6.45) is 5.40. The number of aromatic nitrogens is 7. The third kappa shape index (κ3) is 5.30. The van der Waals surface area contributed by atoms with E-state index in [4.69, 9.17) is 35.9 Å². The van der Waals surface area contributed by atoms with Gasteiger partial charge in [0.1, 0.15) is 48.4 Å². The summed E-state index contributed by atoms with van der Waals surface area (Å²) < 4.78 is 40.5. The molecule has 16 nitrogen and oxygen atoms in total.